The molecule has 2 unspecified atom stereocenters. The summed E-state index contributed by atoms with van der Waals surface area (Å²) in [6.07, 6.45) is -0.371. The molecule has 2 atom stereocenters. The van der Waals surface area contributed by atoms with Gasteiger partial charge in [0.2, 0.25) is 0 Å². The maximum atomic E-state index is 13.8. The van der Waals surface area contributed by atoms with E-state index in [1.807, 2.05) is 11.8 Å². The van der Waals surface area contributed by atoms with Crippen LogP contribution < -0.4 is 5.32 Å². The van der Waals surface area contributed by atoms with Gasteiger partial charge in [-0.3, -0.25) is 4.99 Å². The van der Waals surface area contributed by atoms with Crippen LogP contribution in [0.25, 0.3) is 0 Å². The van der Waals surface area contributed by atoms with Crippen LogP contribution in [-0.4, -0.2) is 57.8 Å². The third-order valence-electron chi connectivity index (χ3n) is 4.84. The molecule has 30 heavy (non-hydrogen) atoms. The molecule has 0 radical (unpaired) electrons. The molecule has 6 nitrogen and oxygen atoms in total. The second kappa shape index (κ2) is 9.53. The zero-order chi connectivity index (χ0) is 21.7. The summed E-state index contributed by atoms with van der Waals surface area (Å²) < 4.78 is 57.9. The van der Waals surface area contributed by atoms with E-state index < -0.39 is 15.7 Å². The van der Waals surface area contributed by atoms with E-state index in [0.29, 0.717) is 19.0 Å². The van der Waals surface area contributed by atoms with Crippen LogP contribution >= 0.6 is 0 Å². The van der Waals surface area contributed by atoms with Gasteiger partial charge >= 0.3 is 0 Å². The standard InChI is InChI=1S/C21H25F2N3O3S/c1-15-13-26(14-19(29-15)16-7-9-17(22)10-8-16)21(24-2)25-11-12-30(27,28)20-6-4-3-5-18(20)23/h3-10,15,19H,11-14H2,1-2H3,(H,24,25). The van der Waals surface area contributed by atoms with E-state index in [2.05, 4.69) is 10.3 Å². The van der Waals surface area contributed by atoms with Crippen LogP contribution in [0, 0.1) is 11.6 Å². The molecule has 2 aromatic carbocycles. The monoisotopic (exact) mass is 437 g/mol. The van der Waals surface area contributed by atoms with Crippen LogP contribution in [0.15, 0.2) is 58.4 Å². The van der Waals surface area contributed by atoms with Crippen molar-refractivity contribution in [1.82, 2.24) is 10.2 Å². The lowest BCUT2D eigenvalue weighted by Gasteiger charge is -2.38. The van der Waals surface area contributed by atoms with E-state index >= 15 is 0 Å². The molecule has 1 heterocycles. The van der Waals surface area contributed by atoms with Gasteiger partial charge in [0.05, 0.1) is 18.4 Å². The molecule has 162 valence electrons. The Hall–Kier alpha value is -2.52. The van der Waals surface area contributed by atoms with E-state index in [4.69, 9.17) is 4.74 Å². The number of hydrogen-bond donors (Lipinski definition) is 1. The highest BCUT2D eigenvalue weighted by Gasteiger charge is 2.28. The molecule has 0 saturated carbocycles. The number of hydrogen-bond acceptors (Lipinski definition) is 4. The SMILES string of the molecule is CN=C(NCCS(=O)(=O)c1ccccc1F)N1CC(C)OC(c2ccc(F)cc2)C1. The molecule has 0 spiro atoms. The molecular weight excluding hydrogens is 412 g/mol. The summed E-state index contributed by atoms with van der Waals surface area (Å²) in [5.41, 5.74) is 0.852. The molecule has 0 aliphatic carbocycles. The summed E-state index contributed by atoms with van der Waals surface area (Å²) in [5, 5.41) is 3.04. The summed E-state index contributed by atoms with van der Waals surface area (Å²) in [6.45, 7) is 3.06. The van der Waals surface area contributed by atoms with Crippen LogP contribution in [0.4, 0.5) is 8.78 Å². The number of halogens is 2. The van der Waals surface area contributed by atoms with Gasteiger partial charge in [0.1, 0.15) is 22.6 Å². The smallest absolute Gasteiger partial charge is 0.193 e. The van der Waals surface area contributed by atoms with Crippen LogP contribution in [0.3, 0.4) is 0 Å². The number of morpholine rings is 1. The van der Waals surface area contributed by atoms with Gasteiger partial charge in [0, 0.05) is 20.1 Å². The number of nitrogens with zero attached hydrogens (tertiary/aromatic N) is 2. The minimum absolute atomic E-state index is 0.0797. The van der Waals surface area contributed by atoms with Crippen LogP contribution in [0.2, 0.25) is 0 Å². The minimum atomic E-state index is -3.77. The predicted molar refractivity (Wildman–Crippen MR) is 111 cm³/mol. The number of benzene rings is 2. The van der Waals surface area contributed by atoms with Gasteiger partial charge in [-0.25, -0.2) is 17.2 Å². The quantitative estimate of drug-likeness (QED) is 0.575. The molecule has 1 aliphatic heterocycles. The lowest BCUT2D eigenvalue weighted by Crippen LogP contribution is -2.51. The first-order chi connectivity index (χ1) is 14.3. The van der Waals surface area contributed by atoms with Gasteiger partial charge in [-0.2, -0.15) is 0 Å². The maximum absolute atomic E-state index is 13.8. The fourth-order valence-corrected chi connectivity index (χ4v) is 4.66. The highest BCUT2D eigenvalue weighted by atomic mass is 32.2. The third-order valence-corrected chi connectivity index (χ3v) is 6.58. The van der Waals surface area contributed by atoms with Crippen molar-refractivity contribution in [3.8, 4) is 0 Å². The molecule has 9 heteroatoms. The van der Waals surface area contributed by atoms with Crippen LogP contribution in [0.1, 0.15) is 18.6 Å². The Morgan fingerprint density at radius 3 is 2.53 bits per heavy atom. The molecule has 1 saturated heterocycles. The first-order valence-electron chi connectivity index (χ1n) is 9.64. The van der Waals surface area contributed by atoms with Crippen molar-refractivity contribution in [2.45, 2.75) is 24.0 Å². The zero-order valence-electron chi connectivity index (χ0n) is 16.9. The number of ether oxygens (including phenoxy) is 1. The van der Waals surface area contributed by atoms with Crippen molar-refractivity contribution in [3.05, 3.63) is 65.7 Å². The summed E-state index contributed by atoms with van der Waals surface area (Å²) >= 11 is 0. The second-order valence-corrected chi connectivity index (χ2v) is 9.19. The second-order valence-electron chi connectivity index (χ2n) is 7.12. The highest BCUT2D eigenvalue weighted by Crippen LogP contribution is 2.25. The minimum Gasteiger partial charge on any atom is -0.367 e. The Bertz CT molecular complexity index is 997. The van der Waals surface area contributed by atoms with E-state index in [0.717, 1.165) is 11.6 Å². The van der Waals surface area contributed by atoms with Crippen molar-refractivity contribution in [1.29, 1.82) is 0 Å². The number of guanidine groups is 1. The fraction of sp³-hybridized carbons (Fsp3) is 0.381. The first-order valence-corrected chi connectivity index (χ1v) is 11.3. The molecule has 1 fully saturated rings. The van der Waals surface area contributed by atoms with E-state index in [1.54, 1.807) is 19.2 Å². The molecule has 1 aliphatic rings. The number of sulfone groups is 1. The van der Waals surface area contributed by atoms with Gasteiger partial charge in [-0.15, -0.1) is 0 Å². The topological polar surface area (TPSA) is 71.0 Å². The molecule has 1 N–H and O–H groups in total. The van der Waals surface area contributed by atoms with Gasteiger partial charge in [0.15, 0.2) is 15.8 Å². The Morgan fingerprint density at radius 2 is 1.87 bits per heavy atom. The van der Waals surface area contributed by atoms with Crippen LogP contribution in [-0.2, 0) is 14.6 Å². The molecular formula is C21H25F2N3O3S. The van der Waals surface area contributed by atoms with Crippen molar-refractivity contribution < 1.29 is 21.9 Å². The Morgan fingerprint density at radius 1 is 1.17 bits per heavy atom. The summed E-state index contributed by atoms with van der Waals surface area (Å²) in [5.74, 6) is -0.811. The highest BCUT2D eigenvalue weighted by molar-refractivity contribution is 7.91. The summed E-state index contributed by atoms with van der Waals surface area (Å²) in [4.78, 5) is 5.91. The van der Waals surface area contributed by atoms with Crippen molar-refractivity contribution in [2.24, 2.45) is 4.99 Å². The normalized spacial score (nSPS) is 20.3. The molecule has 3 rings (SSSR count). The van der Waals surface area contributed by atoms with E-state index in [1.165, 1.54) is 30.3 Å². The lowest BCUT2D eigenvalue weighted by molar-refractivity contribution is -0.0604. The van der Waals surface area contributed by atoms with E-state index in [-0.39, 0.29) is 35.2 Å². The fourth-order valence-electron chi connectivity index (χ4n) is 3.42. The van der Waals surface area contributed by atoms with Crippen molar-refractivity contribution >= 4 is 15.8 Å². The van der Waals surface area contributed by atoms with E-state index in [9.17, 15) is 17.2 Å². The van der Waals surface area contributed by atoms with Crippen molar-refractivity contribution in [3.63, 3.8) is 0 Å². The molecule has 0 amide bonds. The lowest BCUT2D eigenvalue weighted by atomic mass is 10.1. The summed E-state index contributed by atoms with van der Waals surface area (Å²) in [7, 11) is -2.15. The van der Waals surface area contributed by atoms with Crippen LogP contribution in [0.5, 0.6) is 0 Å². The van der Waals surface area contributed by atoms with Gasteiger partial charge in [0.25, 0.3) is 0 Å². The van der Waals surface area contributed by atoms with Gasteiger partial charge < -0.3 is 15.0 Å². The largest absolute Gasteiger partial charge is 0.367 e. The average molecular weight is 438 g/mol. The average Bonchev–Trinajstić information content (AvgIpc) is 2.71. The van der Waals surface area contributed by atoms with Gasteiger partial charge in [-0.1, -0.05) is 24.3 Å². The molecule has 2 aromatic rings. The van der Waals surface area contributed by atoms with Gasteiger partial charge in [-0.05, 0) is 36.8 Å². The molecule has 0 bridgehead atoms. The zero-order valence-corrected chi connectivity index (χ0v) is 17.7. The predicted octanol–water partition coefficient (Wildman–Crippen LogP) is 2.78. The van der Waals surface area contributed by atoms with Crippen molar-refractivity contribution in [2.75, 3.05) is 32.4 Å². The third kappa shape index (κ3) is 5.34. The Balaban J connectivity index is 1.64. The number of nitrogens with one attached hydrogen (secondary N) is 1. The maximum Gasteiger partial charge on any atom is 0.193 e. The number of aliphatic imine (C=N–C) groups is 1. The Labute approximate surface area is 175 Å². The number of rotatable bonds is 5. The summed E-state index contributed by atoms with van der Waals surface area (Å²) in [6, 6.07) is 11.5. The first kappa shape index (κ1) is 22.2. The Kier molecular flexibility index (Phi) is 7.04. The molecule has 0 aromatic heterocycles.